The van der Waals surface area contributed by atoms with Crippen molar-refractivity contribution in [3.8, 4) is 0 Å². The highest BCUT2D eigenvalue weighted by Gasteiger charge is 2.36. The highest BCUT2D eigenvalue weighted by Crippen LogP contribution is 2.29. The predicted octanol–water partition coefficient (Wildman–Crippen LogP) is 18.2. The maximum atomic E-state index is 11.0. The van der Waals surface area contributed by atoms with E-state index in [9.17, 15) is 19.2 Å². The van der Waals surface area contributed by atoms with Gasteiger partial charge in [0.2, 0.25) is 17.7 Å². The number of thioether (sulfide) groups is 4. The van der Waals surface area contributed by atoms with Gasteiger partial charge in [0.05, 0.1) is 26.2 Å². The van der Waals surface area contributed by atoms with Crippen LogP contribution in [0.15, 0.2) is 90.7 Å². The summed E-state index contributed by atoms with van der Waals surface area (Å²) in [5.74, 6) is 0.368. The molecular weight excluding hydrogens is 1590 g/mol. The smallest absolute Gasteiger partial charge is 0.216 e. The van der Waals surface area contributed by atoms with Gasteiger partial charge in [-0.05, 0) is 180 Å². The van der Waals surface area contributed by atoms with Crippen molar-refractivity contribution in [2.75, 3.05) is 41.1 Å². The van der Waals surface area contributed by atoms with Gasteiger partial charge in [0.15, 0.2) is 85.3 Å². The number of nitrogens with zero attached hydrogens (tertiary/aromatic N) is 20. The molecule has 0 radical (unpaired) electrons. The summed E-state index contributed by atoms with van der Waals surface area (Å²) >= 11 is 18.6. The van der Waals surface area contributed by atoms with Gasteiger partial charge in [-0.25, -0.2) is 39.9 Å². The second kappa shape index (κ2) is 53.1. The van der Waals surface area contributed by atoms with Gasteiger partial charge < -0.3 is 33.1 Å². The number of Topliss-reactive ketones (excluding diaryl/α,β-unsaturated/α-hetero) is 1. The molecule has 0 spiro atoms. The molecule has 4 aromatic rings. The van der Waals surface area contributed by atoms with E-state index in [1.165, 1.54) is 6.92 Å². The second-order valence-corrected chi connectivity index (χ2v) is 75.0. The number of carbonyl (C=O) groups is 4. The summed E-state index contributed by atoms with van der Waals surface area (Å²) in [5, 5.41) is 28.6. The van der Waals surface area contributed by atoms with Crippen LogP contribution in [0.1, 0.15) is 88.5 Å². The van der Waals surface area contributed by atoms with E-state index in [0.717, 1.165) is 125 Å². The maximum absolute atomic E-state index is 11.0. The minimum atomic E-state index is -1.94. The summed E-state index contributed by atoms with van der Waals surface area (Å²) in [6.45, 7) is 44.8. The van der Waals surface area contributed by atoms with Crippen molar-refractivity contribution in [1.82, 2.24) is 55.8 Å². The molecule has 0 aliphatic rings. The molecular formula is C61H113Cl2N23O7S4Si8. The summed E-state index contributed by atoms with van der Waals surface area (Å²) < 4.78 is 19.7. The quantitative estimate of drug-likeness (QED) is 0.00541. The first-order valence-corrected chi connectivity index (χ1v) is 65.4. The molecule has 0 unspecified atom stereocenters. The summed E-state index contributed by atoms with van der Waals surface area (Å²) in [5.41, 5.74) is 36.4. The van der Waals surface area contributed by atoms with Crippen LogP contribution in [0.25, 0.3) is 41.8 Å². The minimum absolute atomic E-state index is 0.0306. The largest absolute Gasteiger partial charge is 0.455 e. The van der Waals surface area contributed by atoms with E-state index < -0.39 is 64.7 Å². The molecule has 4 heterocycles. The van der Waals surface area contributed by atoms with Crippen LogP contribution in [0.2, 0.25) is 129 Å². The third kappa shape index (κ3) is 59.8. The molecule has 0 aliphatic carbocycles. The zero-order valence-electron chi connectivity index (χ0n) is 65.2. The van der Waals surface area contributed by atoms with E-state index in [4.69, 9.17) is 56.6 Å². The molecule has 4 aromatic heterocycles. The SMILES string of the molecule is CC(=O)CCCC[Si](C)(C)O[Si](C)(C)CSc1ncc(CN=[N+]=[N-])cn1.CC(=O)NCCC[Si](C)(C)Cl.CC(=O)NCCC[Si](C)(C)O[Si](C)(C)CCCNC(C)=O.C[Si](C)(CSc1ncc(CN=[N+]=[N-])cn1)O[Si](C)(C)CSc1ncc(CN=[N+]=[N-])cn1.C[Si](C)(Cl)CSc1ncc(CN=[N+]=[N-])cn1. The van der Waals surface area contributed by atoms with E-state index in [0.29, 0.717) is 21.9 Å². The number of nitrogens with one attached hydrogen (secondary N) is 3. The van der Waals surface area contributed by atoms with Gasteiger partial charge in [0.25, 0.3) is 0 Å². The van der Waals surface area contributed by atoms with Crippen LogP contribution in [0.4, 0.5) is 0 Å². The Morgan fingerprint density at radius 3 is 0.848 bits per heavy atom. The lowest BCUT2D eigenvalue weighted by molar-refractivity contribution is -0.119. The van der Waals surface area contributed by atoms with E-state index in [1.54, 1.807) is 117 Å². The normalized spacial score (nSPS) is 11.6. The molecule has 0 atom stereocenters. The Morgan fingerprint density at radius 2 is 0.610 bits per heavy atom. The topological polar surface area (TPSA) is 430 Å². The first-order valence-electron chi connectivity index (χ1n) is 34.3. The van der Waals surface area contributed by atoms with Crippen molar-refractivity contribution in [2.45, 2.75) is 242 Å². The number of azide groups is 4. The number of carbonyl (C=O) groups excluding carboxylic acids is 4. The number of hydrogen-bond acceptors (Lipinski definition) is 23. The van der Waals surface area contributed by atoms with Gasteiger partial charge in [-0.2, -0.15) is 22.2 Å². The van der Waals surface area contributed by atoms with Crippen molar-refractivity contribution >= 4 is 157 Å². The Morgan fingerprint density at radius 1 is 0.371 bits per heavy atom. The lowest BCUT2D eigenvalue weighted by atomic mass is 10.2. The van der Waals surface area contributed by atoms with Crippen molar-refractivity contribution in [1.29, 1.82) is 0 Å². The fraction of sp³-hybridized carbons (Fsp3) is 0.672. The number of hydrogen-bond donors (Lipinski definition) is 3. The van der Waals surface area contributed by atoms with Crippen LogP contribution in [0.3, 0.4) is 0 Å². The molecule has 3 N–H and O–H groups in total. The number of amides is 3. The Kier molecular flexibility index (Phi) is 50.7. The van der Waals surface area contributed by atoms with E-state index in [1.807, 2.05) is 0 Å². The third-order valence-electron chi connectivity index (χ3n) is 13.4. The van der Waals surface area contributed by atoms with Crippen molar-refractivity contribution < 1.29 is 31.5 Å². The fourth-order valence-corrected chi connectivity index (χ4v) is 44.3. The van der Waals surface area contributed by atoms with Crippen LogP contribution >= 0.6 is 69.2 Å². The Hall–Kier alpha value is -4.76. The van der Waals surface area contributed by atoms with Crippen LogP contribution in [-0.4, -0.2) is 169 Å². The Bertz CT molecular complexity index is 3300. The predicted molar refractivity (Wildman–Crippen MR) is 451 cm³/mol. The van der Waals surface area contributed by atoms with Gasteiger partial charge in [-0.15, -0.1) is 0 Å². The molecule has 0 aromatic carbocycles. The lowest BCUT2D eigenvalue weighted by Crippen LogP contribution is -2.48. The maximum Gasteiger partial charge on any atom is 0.216 e. The molecule has 44 heteroatoms. The van der Waals surface area contributed by atoms with Gasteiger partial charge >= 0.3 is 0 Å². The Balaban J connectivity index is 0.00000134. The number of halogens is 2. The van der Waals surface area contributed by atoms with Crippen LogP contribution in [0.5, 0.6) is 0 Å². The molecule has 0 saturated carbocycles. The molecule has 0 fully saturated rings. The van der Waals surface area contributed by atoms with Gasteiger partial charge in [-0.1, -0.05) is 100 Å². The van der Waals surface area contributed by atoms with Crippen molar-refractivity contribution in [3.05, 3.63) is 114 Å². The standard InChI is InChI=1S/C16H24N10OS2Si2.C16H29N5O2SSi2.C14H32N2O3Si2.C8H12ClN5SSi.C7H16ClNOSi/c1-30(2,11-28-15-19-5-13(6-20-15)9-23-25-17)27-31(3,4)12-29-16-21-7-14(8-22-16)10-24-26-18;1-14(22)8-6-7-9-25(2,3)23-26(4,5)13-24-16-18-10-15(11-19-16)12-20-21-17;1-13(17)15-9-7-11-20(3,4)19-21(5,6)12-8-10-16-14(2)18;1-16(2,9)6-15-8-11-3-7(4-12-8)5-13-14-10;1-7(10)9-5-4-6-11(2,3)8/h5-8H,9-12H2,1-4H3;10-11H,6-9,12-13H2,1-5H3;7-12H2,1-6H3,(H,15,17)(H,16,18);3-4H,5-6H2,1-2H3;4-6H2,1-3H3,(H,9,10). The van der Waals surface area contributed by atoms with Crippen molar-refractivity contribution in [2.24, 2.45) is 20.5 Å². The van der Waals surface area contributed by atoms with Gasteiger partial charge in [-0.3, -0.25) is 14.4 Å². The monoisotopic (exact) mass is 1700 g/mol. The van der Waals surface area contributed by atoms with Crippen LogP contribution in [-0.2, 0) is 57.7 Å². The van der Waals surface area contributed by atoms with E-state index in [-0.39, 0.29) is 49.7 Å². The zero-order valence-corrected chi connectivity index (χ0v) is 77.9. The molecule has 584 valence electrons. The molecule has 105 heavy (non-hydrogen) atoms. The average molecular weight is 1700 g/mol. The summed E-state index contributed by atoms with van der Waals surface area (Å²) in [4.78, 5) is 88.3. The fourth-order valence-electron chi connectivity index (χ4n) is 9.14. The third-order valence-corrected chi connectivity index (χ3v) is 49.7. The number of aromatic nitrogens is 8. The highest BCUT2D eigenvalue weighted by molar-refractivity contribution is 8.01. The molecule has 0 saturated heterocycles. The summed E-state index contributed by atoms with van der Waals surface area (Å²) in [7, 11) is -13.8. The van der Waals surface area contributed by atoms with Crippen LogP contribution in [0, 0.1) is 0 Å². The number of ketones is 1. The van der Waals surface area contributed by atoms with E-state index in [2.05, 4.69) is 201 Å². The molecule has 4 rings (SSSR count). The van der Waals surface area contributed by atoms with Crippen molar-refractivity contribution in [3.63, 3.8) is 0 Å². The van der Waals surface area contributed by atoms with E-state index >= 15 is 0 Å². The minimum Gasteiger partial charge on any atom is -0.455 e. The lowest BCUT2D eigenvalue weighted by Gasteiger charge is -2.34. The highest BCUT2D eigenvalue weighted by atomic mass is 35.6. The van der Waals surface area contributed by atoms with Gasteiger partial charge in [0, 0.05) is 138 Å². The number of rotatable bonds is 43. The summed E-state index contributed by atoms with van der Waals surface area (Å²) in [6, 6.07) is 4.28. The van der Waals surface area contributed by atoms with Crippen LogP contribution < -0.4 is 16.0 Å². The van der Waals surface area contributed by atoms with Gasteiger partial charge in [0.1, 0.15) is 5.78 Å². The average Bonchev–Trinajstić information content (AvgIpc) is 0.861. The Labute approximate surface area is 656 Å². The number of unbranched alkanes of at least 4 members (excludes halogenated alkanes) is 1. The molecule has 3 amide bonds. The first kappa shape index (κ1) is 100. The second-order valence-electron chi connectivity index (χ2n) is 29.2. The summed E-state index contributed by atoms with van der Waals surface area (Å²) in [6.07, 6.45) is 19.2. The zero-order chi connectivity index (χ0) is 79.8. The molecule has 0 bridgehead atoms. The molecule has 30 nitrogen and oxygen atoms in total. The first-order chi connectivity index (χ1) is 48.8. The molecule has 0 aliphatic heterocycles.